The molecule has 1 aliphatic heterocycles. The first kappa shape index (κ1) is 28.4. The van der Waals surface area contributed by atoms with E-state index >= 15 is 0 Å². The van der Waals surface area contributed by atoms with Gasteiger partial charge in [0.25, 0.3) is 5.91 Å². The summed E-state index contributed by atoms with van der Waals surface area (Å²) in [5.74, 6) is 1.57. The Morgan fingerprint density at radius 1 is 0.829 bits per heavy atom. The number of hydrogen-bond donors (Lipinski definition) is 0. The van der Waals surface area contributed by atoms with Gasteiger partial charge in [-0.2, -0.15) is 0 Å². The zero-order valence-corrected chi connectivity index (χ0v) is 24.2. The van der Waals surface area contributed by atoms with Crippen molar-refractivity contribution in [2.45, 2.75) is 17.2 Å². The maximum Gasteiger partial charge on any atom is 0.253 e. The molecule has 3 aromatic carbocycles. The number of fused-ring (bicyclic) bond motifs is 1. The van der Waals surface area contributed by atoms with Crippen molar-refractivity contribution in [3.05, 3.63) is 89.6 Å². The minimum Gasteiger partial charge on any atom is -0.493 e. The van der Waals surface area contributed by atoms with Crippen LogP contribution in [0.1, 0.15) is 21.5 Å². The van der Waals surface area contributed by atoms with Crippen LogP contribution < -0.4 is 14.2 Å². The highest BCUT2D eigenvalue weighted by Gasteiger charge is 2.25. The third-order valence-corrected chi connectivity index (χ3v) is 9.04. The molecule has 41 heavy (non-hydrogen) atoms. The molecule has 0 bridgehead atoms. The minimum atomic E-state index is -3.63. The number of sulfone groups is 1. The lowest BCUT2D eigenvalue weighted by atomic mass is 10.1. The predicted molar refractivity (Wildman–Crippen MR) is 156 cm³/mol. The summed E-state index contributed by atoms with van der Waals surface area (Å²) in [6.45, 7) is 3.23. The highest BCUT2D eigenvalue weighted by atomic mass is 32.2. The molecule has 1 fully saturated rings. The molecule has 0 unspecified atom stereocenters. The van der Waals surface area contributed by atoms with Crippen LogP contribution in [0, 0.1) is 0 Å². The number of rotatable bonds is 9. The van der Waals surface area contributed by atoms with Gasteiger partial charge in [-0.25, -0.2) is 8.42 Å². The number of nitrogens with zero attached hydrogens (tertiary/aromatic N) is 3. The number of aromatic nitrogens is 1. The van der Waals surface area contributed by atoms with Gasteiger partial charge in [0.15, 0.2) is 21.3 Å². The van der Waals surface area contributed by atoms with Crippen LogP contribution in [-0.2, 0) is 22.1 Å². The predicted octanol–water partition coefficient (Wildman–Crippen LogP) is 4.19. The molecule has 0 saturated carbocycles. The van der Waals surface area contributed by atoms with Gasteiger partial charge in [-0.3, -0.25) is 14.7 Å². The first-order chi connectivity index (χ1) is 19.8. The van der Waals surface area contributed by atoms with Crippen molar-refractivity contribution in [1.29, 1.82) is 0 Å². The molecule has 1 aliphatic rings. The largest absolute Gasteiger partial charge is 0.493 e. The third-order valence-electron chi connectivity index (χ3n) is 7.33. The van der Waals surface area contributed by atoms with Gasteiger partial charge < -0.3 is 19.1 Å². The van der Waals surface area contributed by atoms with Crippen LogP contribution in [0.25, 0.3) is 10.9 Å². The molecule has 1 aromatic heterocycles. The van der Waals surface area contributed by atoms with Crippen LogP contribution in [0.3, 0.4) is 0 Å². The Bertz CT molecular complexity index is 1640. The number of carbonyl (C=O) groups excluding carboxylic acids is 1. The molecule has 9 nitrogen and oxygen atoms in total. The number of amides is 1. The molecule has 0 N–H and O–H groups in total. The number of methoxy groups -OCH3 is 3. The van der Waals surface area contributed by atoms with Gasteiger partial charge in [0, 0.05) is 55.4 Å². The van der Waals surface area contributed by atoms with Crippen molar-refractivity contribution in [1.82, 2.24) is 14.8 Å². The van der Waals surface area contributed by atoms with Crippen LogP contribution in [0.15, 0.2) is 77.8 Å². The van der Waals surface area contributed by atoms with Crippen LogP contribution in [0.2, 0.25) is 0 Å². The summed E-state index contributed by atoms with van der Waals surface area (Å²) < 4.78 is 42.9. The SMILES string of the molecule is COc1ccc(CN2CCN(C(=O)c3ccc(CS(=O)(=O)c4cccc5cccnc45)cc3)CC2)c(OC)c1OC. The van der Waals surface area contributed by atoms with E-state index in [9.17, 15) is 13.2 Å². The number of ether oxygens (including phenoxy) is 3. The van der Waals surface area contributed by atoms with E-state index in [1.54, 1.807) is 70.0 Å². The lowest BCUT2D eigenvalue weighted by molar-refractivity contribution is 0.0627. The fourth-order valence-corrected chi connectivity index (χ4v) is 6.73. The van der Waals surface area contributed by atoms with Crippen molar-refractivity contribution in [2.75, 3.05) is 47.5 Å². The Labute approximate surface area is 240 Å². The van der Waals surface area contributed by atoms with Crippen molar-refractivity contribution >= 4 is 26.6 Å². The van der Waals surface area contributed by atoms with E-state index in [-0.39, 0.29) is 16.6 Å². The normalized spacial score (nSPS) is 14.2. The molecule has 1 amide bonds. The van der Waals surface area contributed by atoms with Crippen molar-refractivity contribution in [3.8, 4) is 17.2 Å². The highest BCUT2D eigenvalue weighted by molar-refractivity contribution is 7.90. The van der Waals surface area contributed by atoms with Crippen molar-refractivity contribution < 1.29 is 27.4 Å². The molecule has 10 heteroatoms. The topological polar surface area (TPSA) is 98.3 Å². The quantitative estimate of drug-likeness (QED) is 0.293. The smallest absolute Gasteiger partial charge is 0.253 e. The molecular formula is C31H33N3O6S. The van der Waals surface area contributed by atoms with Gasteiger partial charge in [-0.15, -0.1) is 0 Å². The van der Waals surface area contributed by atoms with E-state index in [1.807, 2.05) is 29.2 Å². The van der Waals surface area contributed by atoms with Crippen LogP contribution in [-0.4, -0.2) is 76.6 Å². The molecule has 214 valence electrons. The fourth-order valence-electron chi connectivity index (χ4n) is 5.19. The number of benzene rings is 3. The third kappa shape index (κ3) is 5.98. The summed E-state index contributed by atoms with van der Waals surface area (Å²) >= 11 is 0. The Kier molecular flexibility index (Phi) is 8.41. The molecule has 0 atom stereocenters. The van der Waals surface area contributed by atoms with E-state index in [0.717, 1.165) is 10.9 Å². The molecule has 0 aliphatic carbocycles. The second-order valence-corrected chi connectivity index (χ2v) is 11.8. The Morgan fingerprint density at radius 3 is 2.22 bits per heavy atom. The maximum atomic E-state index is 13.2. The van der Waals surface area contributed by atoms with E-state index in [2.05, 4.69) is 9.88 Å². The minimum absolute atomic E-state index is 0.0685. The molecule has 2 heterocycles. The first-order valence-electron chi connectivity index (χ1n) is 13.3. The van der Waals surface area contributed by atoms with Gasteiger partial charge in [0.2, 0.25) is 5.75 Å². The molecule has 5 rings (SSSR count). The second-order valence-electron chi connectivity index (χ2n) is 9.85. The van der Waals surface area contributed by atoms with Crippen LogP contribution >= 0.6 is 0 Å². The standard InChI is InChI=1S/C31H33N3O6S/c1-38-26-14-13-25(29(39-2)30(26)40-3)20-33-16-18-34(19-17-33)31(35)24-11-9-22(10-12-24)21-41(36,37)27-8-4-6-23-7-5-15-32-28(23)27/h4-15H,16-21H2,1-3H3. The summed E-state index contributed by atoms with van der Waals surface area (Å²) in [5, 5.41) is 0.775. The Hall–Kier alpha value is -4.15. The molecule has 0 radical (unpaired) electrons. The van der Waals surface area contributed by atoms with E-state index < -0.39 is 9.84 Å². The van der Waals surface area contributed by atoms with Gasteiger partial charge in [-0.1, -0.05) is 36.4 Å². The zero-order valence-electron chi connectivity index (χ0n) is 23.4. The summed E-state index contributed by atoms with van der Waals surface area (Å²) in [4.78, 5) is 21.8. The average molecular weight is 576 g/mol. The lowest BCUT2D eigenvalue weighted by Crippen LogP contribution is -2.48. The number of piperazine rings is 1. The number of pyridine rings is 1. The number of para-hydroxylation sites is 1. The molecule has 1 saturated heterocycles. The van der Waals surface area contributed by atoms with E-state index in [1.165, 1.54) is 0 Å². The summed E-state index contributed by atoms with van der Waals surface area (Å²) in [7, 11) is 1.16. The highest BCUT2D eigenvalue weighted by Crippen LogP contribution is 2.40. The zero-order chi connectivity index (χ0) is 29.0. The van der Waals surface area contributed by atoms with Gasteiger partial charge in [0.1, 0.15) is 0 Å². The lowest BCUT2D eigenvalue weighted by Gasteiger charge is -2.35. The molecule has 4 aromatic rings. The number of carbonyl (C=O) groups is 1. The van der Waals surface area contributed by atoms with Gasteiger partial charge >= 0.3 is 0 Å². The van der Waals surface area contributed by atoms with Crippen LogP contribution in [0.5, 0.6) is 17.2 Å². The summed E-state index contributed by atoms with van der Waals surface area (Å²) in [6, 6.07) is 19.4. The maximum absolute atomic E-state index is 13.2. The second kappa shape index (κ2) is 12.2. The molecule has 0 spiro atoms. The molecular weight excluding hydrogens is 542 g/mol. The van der Waals surface area contributed by atoms with Crippen LogP contribution in [0.4, 0.5) is 0 Å². The van der Waals surface area contributed by atoms with E-state index in [0.29, 0.717) is 66.6 Å². The Balaban J connectivity index is 1.21. The van der Waals surface area contributed by atoms with Gasteiger partial charge in [-0.05, 0) is 35.9 Å². The van der Waals surface area contributed by atoms with Crippen molar-refractivity contribution in [3.63, 3.8) is 0 Å². The average Bonchev–Trinajstić information content (AvgIpc) is 3.00. The van der Waals surface area contributed by atoms with E-state index in [4.69, 9.17) is 14.2 Å². The summed E-state index contributed by atoms with van der Waals surface area (Å²) in [5.41, 5.74) is 2.59. The van der Waals surface area contributed by atoms with Gasteiger partial charge in [0.05, 0.1) is 37.5 Å². The fraction of sp³-hybridized carbons (Fsp3) is 0.290. The monoisotopic (exact) mass is 575 g/mol. The van der Waals surface area contributed by atoms with Crippen molar-refractivity contribution in [2.24, 2.45) is 0 Å². The summed E-state index contributed by atoms with van der Waals surface area (Å²) in [6.07, 6.45) is 1.59. The number of hydrogen-bond acceptors (Lipinski definition) is 8. The first-order valence-corrected chi connectivity index (χ1v) is 14.9. The Morgan fingerprint density at radius 2 is 1.54 bits per heavy atom.